The number of benzene rings is 2. The largest absolute Gasteiger partial charge is 0.367 e. The molecule has 0 spiro atoms. The number of alkyl halides is 2. The van der Waals surface area contributed by atoms with Gasteiger partial charge in [0, 0.05) is 12.8 Å². The predicted octanol–water partition coefficient (Wildman–Crippen LogP) is 6.42. The van der Waals surface area contributed by atoms with Crippen LogP contribution in [0.3, 0.4) is 0 Å². The number of hydrogen-bond donors (Lipinski definition) is 0. The molecule has 0 N–H and O–H groups in total. The van der Waals surface area contributed by atoms with Crippen LogP contribution < -0.4 is 0 Å². The highest BCUT2D eigenvalue weighted by atomic mass is 19.3. The van der Waals surface area contributed by atoms with E-state index < -0.39 is 12.0 Å². The normalized spacial score (nSPS) is 12.9. The van der Waals surface area contributed by atoms with Gasteiger partial charge in [0.25, 0.3) is 5.92 Å². The summed E-state index contributed by atoms with van der Waals surface area (Å²) in [6, 6.07) is 18.9. The van der Waals surface area contributed by atoms with Crippen LogP contribution in [0.4, 0.5) is 8.78 Å². The second-order valence-electron chi connectivity index (χ2n) is 6.55. The zero-order chi connectivity index (χ0) is 18.0. The molecule has 2 aromatic carbocycles. The lowest BCUT2D eigenvalue weighted by atomic mass is 9.98. The van der Waals surface area contributed by atoms with E-state index in [0.717, 1.165) is 30.4 Å². The SMILES string of the molecule is CCCCCCC(F)(F)C(Cc1ccccc1)OCc1ccccc1. The number of halogens is 2. The third kappa shape index (κ3) is 6.95. The summed E-state index contributed by atoms with van der Waals surface area (Å²) >= 11 is 0. The molecule has 1 nitrogen and oxygen atoms in total. The van der Waals surface area contributed by atoms with Crippen molar-refractivity contribution < 1.29 is 13.5 Å². The van der Waals surface area contributed by atoms with Crippen molar-refractivity contribution >= 4 is 0 Å². The van der Waals surface area contributed by atoms with Gasteiger partial charge in [0.05, 0.1) is 6.61 Å². The highest BCUT2D eigenvalue weighted by Gasteiger charge is 2.39. The molecule has 2 aromatic rings. The lowest BCUT2D eigenvalue weighted by Gasteiger charge is -2.27. The molecule has 0 aliphatic carbocycles. The predicted molar refractivity (Wildman–Crippen MR) is 98.9 cm³/mol. The fourth-order valence-corrected chi connectivity index (χ4v) is 2.88. The Hall–Kier alpha value is -1.74. The topological polar surface area (TPSA) is 9.23 Å². The molecule has 0 amide bonds. The van der Waals surface area contributed by atoms with Gasteiger partial charge < -0.3 is 4.74 Å². The van der Waals surface area contributed by atoms with Crippen LogP contribution in [0.2, 0.25) is 0 Å². The van der Waals surface area contributed by atoms with E-state index in [1.54, 1.807) is 0 Å². The summed E-state index contributed by atoms with van der Waals surface area (Å²) in [6.07, 6.45) is 2.46. The van der Waals surface area contributed by atoms with E-state index in [9.17, 15) is 8.78 Å². The van der Waals surface area contributed by atoms with Gasteiger partial charge in [-0.15, -0.1) is 0 Å². The Morgan fingerprint density at radius 3 is 2.04 bits per heavy atom. The summed E-state index contributed by atoms with van der Waals surface area (Å²) < 4.78 is 35.3. The Kier molecular flexibility index (Phi) is 8.07. The molecule has 2 rings (SSSR count). The summed E-state index contributed by atoms with van der Waals surface area (Å²) in [6.45, 7) is 2.29. The van der Waals surface area contributed by atoms with Gasteiger partial charge in [-0.1, -0.05) is 86.8 Å². The molecule has 0 saturated heterocycles. The molecule has 0 bridgehead atoms. The zero-order valence-electron chi connectivity index (χ0n) is 15.0. The van der Waals surface area contributed by atoms with Gasteiger partial charge in [-0.05, 0) is 17.5 Å². The van der Waals surface area contributed by atoms with Crippen molar-refractivity contribution in [3.05, 3.63) is 71.8 Å². The standard InChI is InChI=1S/C22H28F2O/c1-2-3-4-11-16-22(23,24)21(17-19-12-7-5-8-13-19)25-18-20-14-9-6-10-15-20/h5-10,12-15,21H,2-4,11,16-18H2,1H3. The summed E-state index contributed by atoms with van der Waals surface area (Å²) in [7, 11) is 0. The Labute approximate surface area is 150 Å². The van der Waals surface area contributed by atoms with Crippen molar-refractivity contribution in [2.75, 3.05) is 0 Å². The molecule has 136 valence electrons. The molecule has 25 heavy (non-hydrogen) atoms. The number of unbranched alkanes of at least 4 members (excludes halogenated alkanes) is 3. The van der Waals surface area contributed by atoms with E-state index >= 15 is 0 Å². The minimum Gasteiger partial charge on any atom is -0.367 e. The minimum absolute atomic E-state index is 0.112. The van der Waals surface area contributed by atoms with Gasteiger partial charge in [-0.2, -0.15) is 0 Å². The first-order valence-electron chi connectivity index (χ1n) is 9.19. The molecule has 0 heterocycles. The molecule has 0 radical (unpaired) electrons. The Morgan fingerprint density at radius 2 is 1.44 bits per heavy atom. The van der Waals surface area contributed by atoms with E-state index in [1.165, 1.54) is 0 Å². The van der Waals surface area contributed by atoms with Crippen LogP contribution in [0.15, 0.2) is 60.7 Å². The van der Waals surface area contributed by atoms with Crippen LogP contribution in [0.5, 0.6) is 0 Å². The molecule has 0 saturated carbocycles. The molecule has 0 aromatic heterocycles. The van der Waals surface area contributed by atoms with Gasteiger partial charge in [-0.25, -0.2) is 8.78 Å². The first-order chi connectivity index (χ1) is 12.1. The third-order valence-corrected chi connectivity index (χ3v) is 4.39. The van der Waals surface area contributed by atoms with E-state index in [2.05, 4.69) is 6.92 Å². The molecule has 0 aliphatic heterocycles. The lowest BCUT2D eigenvalue weighted by molar-refractivity contribution is -0.147. The lowest BCUT2D eigenvalue weighted by Crippen LogP contribution is -2.37. The summed E-state index contributed by atoms with van der Waals surface area (Å²) in [5.41, 5.74) is 1.80. The Balaban J connectivity index is 2.01. The zero-order valence-corrected chi connectivity index (χ0v) is 15.0. The average Bonchev–Trinajstić information content (AvgIpc) is 2.64. The molecule has 1 atom stereocenters. The van der Waals surface area contributed by atoms with Crippen LogP contribution in [0.25, 0.3) is 0 Å². The van der Waals surface area contributed by atoms with Crippen molar-refractivity contribution in [2.45, 2.75) is 64.1 Å². The van der Waals surface area contributed by atoms with Gasteiger partial charge >= 0.3 is 0 Å². The highest BCUT2D eigenvalue weighted by molar-refractivity contribution is 5.17. The summed E-state index contributed by atoms with van der Waals surface area (Å²) in [5, 5.41) is 0. The van der Waals surface area contributed by atoms with Crippen molar-refractivity contribution in [1.82, 2.24) is 0 Å². The summed E-state index contributed by atoms with van der Waals surface area (Å²) in [5.74, 6) is -2.82. The van der Waals surface area contributed by atoms with E-state index in [-0.39, 0.29) is 19.4 Å². The smallest absolute Gasteiger partial charge is 0.274 e. The maximum absolute atomic E-state index is 14.8. The van der Waals surface area contributed by atoms with Crippen molar-refractivity contribution in [3.8, 4) is 0 Å². The molecular weight excluding hydrogens is 318 g/mol. The van der Waals surface area contributed by atoms with Crippen LogP contribution in [0, 0.1) is 0 Å². The molecule has 3 heteroatoms. The first kappa shape index (κ1) is 19.6. The van der Waals surface area contributed by atoms with Crippen molar-refractivity contribution in [1.29, 1.82) is 0 Å². The third-order valence-electron chi connectivity index (χ3n) is 4.39. The molecule has 0 fully saturated rings. The van der Waals surface area contributed by atoms with Crippen LogP contribution >= 0.6 is 0 Å². The van der Waals surface area contributed by atoms with Gasteiger partial charge in [0.2, 0.25) is 0 Å². The molecule has 0 aliphatic rings. The van der Waals surface area contributed by atoms with Gasteiger partial charge in [0.15, 0.2) is 0 Å². The Bertz CT molecular complexity index is 583. The van der Waals surface area contributed by atoms with E-state index in [4.69, 9.17) is 4.74 Å². The maximum atomic E-state index is 14.8. The fraction of sp³-hybridized carbons (Fsp3) is 0.455. The number of hydrogen-bond acceptors (Lipinski definition) is 1. The molecule has 1 unspecified atom stereocenters. The first-order valence-corrected chi connectivity index (χ1v) is 9.19. The molecular formula is C22H28F2O. The number of ether oxygens (including phenoxy) is 1. The van der Waals surface area contributed by atoms with Crippen molar-refractivity contribution in [2.24, 2.45) is 0 Å². The summed E-state index contributed by atoms with van der Waals surface area (Å²) in [4.78, 5) is 0. The van der Waals surface area contributed by atoms with E-state index in [1.807, 2.05) is 60.7 Å². The van der Waals surface area contributed by atoms with Crippen LogP contribution in [-0.2, 0) is 17.8 Å². The average molecular weight is 346 g/mol. The van der Waals surface area contributed by atoms with Gasteiger partial charge in [-0.3, -0.25) is 0 Å². The van der Waals surface area contributed by atoms with Gasteiger partial charge in [0.1, 0.15) is 6.10 Å². The second-order valence-corrected chi connectivity index (χ2v) is 6.55. The second kappa shape index (κ2) is 10.3. The number of rotatable bonds is 11. The quantitative estimate of drug-likeness (QED) is 0.427. The van der Waals surface area contributed by atoms with Crippen LogP contribution in [-0.4, -0.2) is 12.0 Å². The van der Waals surface area contributed by atoms with Crippen molar-refractivity contribution in [3.63, 3.8) is 0 Å². The highest BCUT2D eigenvalue weighted by Crippen LogP contribution is 2.31. The van der Waals surface area contributed by atoms with E-state index in [0.29, 0.717) is 6.42 Å². The monoisotopic (exact) mass is 346 g/mol. The maximum Gasteiger partial charge on any atom is 0.274 e. The Morgan fingerprint density at radius 1 is 0.840 bits per heavy atom. The minimum atomic E-state index is -2.82. The van der Waals surface area contributed by atoms with Crippen LogP contribution in [0.1, 0.15) is 50.2 Å². The fourth-order valence-electron chi connectivity index (χ4n) is 2.88.